The van der Waals surface area contributed by atoms with Crippen LogP contribution < -0.4 is 0 Å². The normalized spacial score (nSPS) is 12.1. The van der Waals surface area contributed by atoms with Gasteiger partial charge in [-0.3, -0.25) is 4.79 Å². The lowest BCUT2D eigenvalue weighted by Crippen LogP contribution is -2.12. The predicted molar refractivity (Wildman–Crippen MR) is 69.5 cm³/mol. The zero-order valence-corrected chi connectivity index (χ0v) is 11.4. The molecule has 0 atom stereocenters. The summed E-state index contributed by atoms with van der Waals surface area (Å²) in [5.41, 5.74) is -0.233. The van der Waals surface area contributed by atoms with E-state index in [0.29, 0.717) is 12.0 Å². The van der Waals surface area contributed by atoms with Crippen LogP contribution in [-0.4, -0.2) is 5.24 Å². The minimum atomic E-state index is -4.49. The van der Waals surface area contributed by atoms with Gasteiger partial charge in [0.15, 0.2) is 0 Å². The molecular formula is C14H14ClF3O. The molecule has 0 radical (unpaired) electrons. The van der Waals surface area contributed by atoms with Gasteiger partial charge in [-0.05, 0) is 55.5 Å². The zero-order chi connectivity index (χ0) is 14.6. The number of hydrogen-bond acceptors (Lipinski definition) is 1. The Balaban J connectivity index is 3.28. The standard InChI is InChI=1S/C14H14ClF3O/c1-3-4-5-6-10-7-9(2)11(13(15)19)8-12(10)14(16,17)18/h3-4,7-8H,5-6H2,1-2H3/b4-3+. The van der Waals surface area contributed by atoms with Gasteiger partial charge < -0.3 is 0 Å². The summed E-state index contributed by atoms with van der Waals surface area (Å²) < 4.78 is 38.9. The highest BCUT2D eigenvalue weighted by atomic mass is 35.5. The second kappa shape index (κ2) is 6.24. The van der Waals surface area contributed by atoms with E-state index in [1.807, 2.05) is 6.92 Å². The van der Waals surface area contributed by atoms with Crippen LogP contribution in [0.3, 0.4) is 0 Å². The van der Waals surface area contributed by atoms with Crippen LogP contribution in [0.2, 0.25) is 0 Å². The molecule has 0 heterocycles. The number of carbonyl (C=O) groups is 1. The average Bonchev–Trinajstić information content (AvgIpc) is 2.27. The average molecular weight is 291 g/mol. The second-order valence-electron chi connectivity index (χ2n) is 4.20. The molecule has 0 aliphatic heterocycles. The highest BCUT2D eigenvalue weighted by molar-refractivity contribution is 6.67. The Labute approximate surface area is 115 Å². The van der Waals surface area contributed by atoms with Crippen molar-refractivity contribution in [1.82, 2.24) is 0 Å². The van der Waals surface area contributed by atoms with Crippen molar-refractivity contribution in [3.05, 3.63) is 46.5 Å². The molecule has 5 heteroatoms. The predicted octanol–water partition coefficient (Wildman–Crippen LogP) is 4.90. The fourth-order valence-corrected chi connectivity index (χ4v) is 2.06. The highest BCUT2D eigenvalue weighted by Crippen LogP contribution is 2.34. The van der Waals surface area contributed by atoms with Gasteiger partial charge >= 0.3 is 6.18 Å². The second-order valence-corrected chi connectivity index (χ2v) is 4.55. The van der Waals surface area contributed by atoms with Crippen LogP contribution in [0, 0.1) is 6.92 Å². The molecule has 104 valence electrons. The van der Waals surface area contributed by atoms with Crippen molar-refractivity contribution in [3.63, 3.8) is 0 Å². The molecule has 0 fully saturated rings. The summed E-state index contributed by atoms with van der Waals surface area (Å²) in [6.07, 6.45) is -0.100. The topological polar surface area (TPSA) is 17.1 Å². The van der Waals surface area contributed by atoms with Crippen molar-refractivity contribution >= 4 is 16.8 Å². The van der Waals surface area contributed by atoms with Crippen molar-refractivity contribution < 1.29 is 18.0 Å². The van der Waals surface area contributed by atoms with E-state index in [2.05, 4.69) is 0 Å². The third kappa shape index (κ3) is 4.10. The molecule has 0 spiro atoms. The molecule has 0 aliphatic carbocycles. The van der Waals surface area contributed by atoms with E-state index in [1.165, 1.54) is 6.07 Å². The van der Waals surface area contributed by atoms with Crippen LogP contribution >= 0.6 is 11.6 Å². The Kier molecular flexibility index (Phi) is 5.18. The Morgan fingerprint density at radius 2 is 2.00 bits per heavy atom. The number of allylic oxidation sites excluding steroid dienone is 2. The molecule has 0 unspecified atom stereocenters. The number of carbonyl (C=O) groups excluding carboxylic acids is 1. The maximum Gasteiger partial charge on any atom is 0.416 e. The molecule has 19 heavy (non-hydrogen) atoms. The van der Waals surface area contributed by atoms with Gasteiger partial charge in [0.25, 0.3) is 5.24 Å². The van der Waals surface area contributed by atoms with Crippen molar-refractivity contribution in [3.8, 4) is 0 Å². The van der Waals surface area contributed by atoms with Gasteiger partial charge in [0.1, 0.15) is 0 Å². The first-order valence-electron chi connectivity index (χ1n) is 5.79. The van der Waals surface area contributed by atoms with Gasteiger partial charge in [-0.2, -0.15) is 13.2 Å². The first kappa shape index (κ1) is 15.8. The summed E-state index contributed by atoms with van der Waals surface area (Å²) in [7, 11) is 0. The van der Waals surface area contributed by atoms with Crippen LogP contribution in [0.5, 0.6) is 0 Å². The van der Waals surface area contributed by atoms with E-state index in [9.17, 15) is 18.0 Å². The minimum absolute atomic E-state index is 0.0937. The van der Waals surface area contributed by atoms with Crippen LogP contribution in [0.25, 0.3) is 0 Å². The number of hydrogen-bond donors (Lipinski definition) is 0. The Bertz CT molecular complexity index is 504. The van der Waals surface area contributed by atoms with Crippen LogP contribution in [0.1, 0.15) is 40.4 Å². The van der Waals surface area contributed by atoms with Crippen LogP contribution in [0.4, 0.5) is 13.2 Å². The van der Waals surface area contributed by atoms with E-state index >= 15 is 0 Å². The molecule has 1 rings (SSSR count). The summed E-state index contributed by atoms with van der Waals surface area (Å²) in [6.45, 7) is 3.39. The van der Waals surface area contributed by atoms with Gasteiger partial charge in [-0.15, -0.1) is 0 Å². The minimum Gasteiger partial charge on any atom is -0.276 e. The molecule has 1 nitrogen and oxygen atoms in total. The molecular weight excluding hydrogens is 277 g/mol. The van der Waals surface area contributed by atoms with Gasteiger partial charge in [-0.1, -0.05) is 18.2 Å². The Morgan fingerprint density at radius 1 is 1.37 bits per heavy atom. The monoisotopic (exact) mass is 290 g/mol. The molecule has 0 bridgehead atoms. The van der Waals surface area contributed by atoms with Crippen molar-refractivity contribution in [2.75, 3.05) is 0 Å². The van der Waals surface area contributed by atoms with Crippen LogP contribution in [0.15, 0.2) is 24.3 Å². The zero-order valence-electron chi connectivity index (χ0n) is 10.6. The smallest absolute Gasteiger partial charge is 0.276 e. The Morgan fingerprint density at radius 3 is 2.47 bits per heavy atom. The van der Waals surface area contributed by atoms with Crippen molar-refractivity contribution in [2.24, 2.45) is 0 Å². The summed E-state index contributed by atoms with van der Waals surface area (Å²) in [5, 5.41) is -0.872. The molecule has 0 saturated heterocycles. The van der Waals surface area contributed by atoms with Gasteiger partial charge in [0.2, 0.25) is 0 Å². The van der Waals surface area contributed by atoms with Gasteiger partial charge in [-0.25, -0.2) is 0 Å². The van der Waals surface area contributed by atoms with E-state index in [0.717, 1.165) is 6.07 Å². The molecule has 1 aromatic carbocycles. The largest absolute Gasteiger partial charge is 0.416 e. The summed E-state index contributed by atoms with van der Waals surface area (Å²) in [5.74, 6) is 0. The fraction of sp³-hybridized carbons (Fsp3) is 0.357. The fourth-order valence-electron chi connectivity index (χ4n) is 1.86. The lowest BCUT2D eigenvalue weighted by atomic mass is 9.96. The lowest BCUT2D eigenvalue weighted by Gasteiger charge is -2.15. The van der Waals surface area contributed by atoms with E-state index in [4.69, 9.17) is 11.6 Å². The molecule has 0 aliphatic rings. The molecule has 1 aromatic rings. The summed E-state index contributed by atoms with van der Waals surface area (Å²) >= 11 is 5.29. The summed E-state index contributed by atoms with van der Waals surface area (Å²) in [6, 6.07) is 2.23. The quantitative estimate of drug-likeness (QED) is 0.569. The van der Waals surface area contributed by atoms with E-state index in [1.54, 1.807) is 19.1 Å². The Hall–Kier alpha value is -1.29. The maximum atomic E-state index is 13.0. The number of halogens is 4. The third-order valence-electron chi connectivity index (χ3n) is 2.78. The van der Waals surface area contributed by atoms with E-state index < -0.39 is 17.0 Å². The first-order valence-corrected chi connectivity index (χ1v) is 6.17. The molecule has 0 aromatic heterocycles. The SMILES string of the molecule is C/C=C/CCc1cc(C)c(C(=O)Cl)cc1C(F)(F)F. The van der Waals surface area contributed by atoms with Gasteiger partial charge in [0, 0.05) is 5.56 Å². The van der Waals surface area contributed by atoms with Crippen molar-refractivity contribution in [2.45, 2.75) is 32.9 Å². The third-order valence-corrected chi connectivity index (χ3v) is 2.99. The first-order chi connectivity index (χ1) is 8.77. The van der Waals surface area contributed by atoms with Crippen LogP contribution in [-0.2, 0) is 12.6 Å². The highest BCUT2D eigenvalue weighted by Gasteiger charge is 2.34. The van der Waals surface area contributed by atoms with Gasteiger partial charge in [0.05, 0.1) is 5.56 Å². The number of aryl methyl sites for hydroxylation is 2. The number of benzene rings is 1. The van der Waals surface area contributed by atoms with Crippen molar-refractivity contribution in [1.29, 1.82) is 0 Å². The number of alkyl halides is 3. The maximum absolute atomic E-state index is 13.0. The number of rotatable bonds is 4. The van der Waals surface area contributed by atoms with E-state index in [-0.39, 0.29) is 17.5 Å². The summed E-state index contributed by atoms with van der Waals surface area (Å²) in [4.78, 5) is 11.1. The molecule has 0 N–H and O–H groups in total. The molecule has 0 saturated carbocycles. The molecule has 0 amide bonds. The lowest BCUT2D eigenvalue weighted by molar-refractivity contribution is -0.138.